The third kappa shape index (κ3) is 3.58. The summed E-state index contributed by atoms with van der Waals surface area (Å²) < 4.78 is 5.34. The van der Waals surface area contributed by atoms with Gasteiger partial charge in [-0.1, -0.05) is 42.1 Å². The van der Waals surface area contributed by atoms with Gasteiger partial charge < -0.3 is 9.64 Å². The molecule has 0 amide bonds. The van der Waals surface area contributed by atoms with Crippen molar-refractivity contribution in [2.45, 2.75) is 0 Å². The summed E-state index contributed by atoms with van der Waals surface area (Å²) in [4.78, 5) is 2.25. The molecule has 1 aromatic rings. The van der Waals surface area contributed by atoms with Gasteiger partial charge in [-0.05, 0) is 5.56 Å². The second-order valence-corrected chi connectivity index (χ2v) is 5.13. The molecule has 2 aliphatic heterocycles. The molecule has 4 nitrogen and oxygen atoms in total. The van der Waals surface area contributed by atoms with E-state index in [4.69, 9.17) is 4.74 Å². The van der Waals surface area contributed by atoms with Crippen molar-refractivity contribution in [3.05, 3.63) is 35.9 Å². The maximum Gasteiger partial charge on any atom is 0.186 e. The van der Waals surface area contributed by atoms with Crippen molar-refractivity contribution in [1.29, 1.82) is 0 Å². The Balaban J connectivity index is 0.00000133. The molecule has 0 aliphatic carbocycles. The lowest BCUT2D eigenvalue weighted by molar-refractivity contribution is 0.0692. The maximum absolute atomic E-state index is 5.34. The Bertz CT molecular complexity index is 472. The van der Waals surface area contributed by atoms with E-state index in [-0.39, 0.29) is 17.0 Å². The smallest absolute Gasteiger partial charge is 0.186 e. The van der Waals surface area contributed by atoms with Crippen LogP contribution in [0, 0.1) is 0 Å². The average molecular weight is 342 g/mol. The Morgan fingerprint density at radius 1 is 1.05 bits per heavy atom. The van der Waals surface area contributed by atoms with Gasteiger partial charge in [0, 0.05) is 18.8 Å². The van der Waals surface area contributed by atoms with Crippen LogP contribution in [0.25, 0.3) is 0 Å². The minimum absolute atomic E-state index is 0. The van der Waals surface area contributed by atoms with Crippen molar-refractivity contribution in [2.24, 2.45) is 10.2 Å². The zero-order chi connectivity index (χ0) is 12.2. The minimum atomic E-state index is 0. The lowest BCUT2D eigenvalue weighted by atomic mass is 10.1. The van der Waals surface area contributed by atoms with Crippen LogP contribution in [0.4, 0.5) is 0 Å². The second kappa shape index (κ2) is 7.07. The summed E-state index contributed by atoms with van der Waals surface area (Å²) >= 11 is 1.76. The first-order valence-electron chi connectivity index (χ1n) is 6.09. The van der Waals surface area contributed by atoms with Crippen LogP contribution in [0.15, 0.2) is 40.5 Å². The fourth-order valence-electron chi connectivity index (χ4n) is 1.97. The van der Waals surface area contributed by atoms with E-state index in [9.17, 15) is 0 Å². The molecule has 0 atom stereocenters. The van der Waals surface area contributed by atoms with Crippen molar-refractivity contribution >= 4 is 39.6 Å². The van der Waals surface area contributed by atoms with E-state index < -0.39 is 0 Å². The lowest BCUT2D eigenvalue weighted by Gasteiger charge is -2.29. The quantitative estimate of drug-likeness (QED) is 0.787. The summed E-state index contributed by atoms with van der Waals surface area (Å²) in [6.07, 6.45) is 0. The fourth-order valence-corrected chi connectivity index (χ4v) is 2.93. The topological polar surface area (TPSA) is 37.2 Å². The molecule has 1 aromatic carbocycles. The van der Waals surface area contributed by atoms with E-state index in [1.54, 1.807) is 11.8 Å². The zero-order valence-electron chi connectivity index (χ0n) is 10.5. The molecule has 0 aromatic heterocycles. The third-order valence-corrected chi connectivity index (χ3v) is 4.00. The molecule has 19 heavy (non-hydrogen) atoms. The maximum atomic E-state index is 5.34. The molecule has 2 aliphatic rings. The number of ether oxygens (including phenoxy) is 1. The number of thioether (sulfide) groups is 1. The fraction of sp³-hybridized carbons (Fsp3) is 0.385. The normalized spacial score (nSPS) is 19.3. The number of hydrogen-bond donors (Lipinski definition) is 0. The molecule has 0 radical (unpaired) electrons. The lowest BCUT2D eigenvalue weighted by Crippen LogP contribution is -2.40. The van der Waals surface area contributed by atoms with Gasteiger partial charge in [-0.3, -0.25) is 0 Å². The van der Waals surface area contributed by atoms with Crippen molar-refractivity contribution in [2.75, 3.05) is 32.1 Å². The van der Waals surface area contributed by atoms with Gasteiger partial charge in [-0.15, -0.1) is 22.1 Å². The van der Waals surface area contributed by atoms with Crippen LogP contribution in [0.3, 0.4) is 0 Å². The van der Waals surface area contributed by atoms with Crippen LogP contribution >= 0.6 is 28.7 Å². The Labute approximate surface area is 127 Å². The number of amidine groups is 1. The van der Waals surface area contributed by atoms with Crippen LogP contribution in [0.5, 0.6) is 0 Å². The van der Waals surface area contributed by atoms with E-state index in [1.165, 1.54) is 0 Å². The average Bonchev–Trinajstić information content (AvgIpc) is 2.49. The Morgan fingerprint density at radius 2 is 1.79 bits per heavy atom. The molecule has 3 rings (SSSR count). The zero-order valence-corrected chi connectivity index (χ0v) is 13.0. The van der Waals surface area contributed by atoms with E-state index in [0.29, 0.717) is 0 Å². The number of morpholine rings is 1. The van der Waals surface area contributed by atoms with Gasteiger partial charge in [0.05, 0.1) is 18.9 Å². The van der Waals surface area contributed by atoms with Crippen molar-refractivity contribution in [3.63, 3.8) is 0 Å². The number of nitrogens with zero attached hydrogens (tertiary/aromatic N) is 3. The van der Waals surface area contributed by atoms with E-state index in [1.807, 2.05) is 18.2 Å². The monoisotopic (exact) mass is 341 g/mol. The van der Waals surface area contributed by atoms with E-state index in [0.717, 1.165) is 48.5 Å². The standard InChI is InChI=1S/C13H15N3OS.BrH/c1-2-4-11(5-3-1)12-10-18-13(15-14-12)16-6-8-17-9-7-16;/h1-5H,6-10H2;1H. The highest BCUT2D eigenvalue weighted by atomic mass is 79.9. The molecular formula is C13H16BrN3OS. The number of benzene rings is 1. The van der Waals surface area contributed by atoms with Crippen molar-refractivity contribution in [1.82, 2.24) is 4.90 Å². The summed E-state index contributed by atoms with van der Waals surface area (Å²) in [5, 5.41) is 9.73. The Morgan fingerprint density at radius 3 is 2.42 bits per heavy atom. The van der Waals surface area contributed by atoms with Gasteiger partial charge >= 0.3 is 0 Å². The van der Waals surface area contributed by atoms with Crippen LogP contribution in [0.1, 0.15) is 5.56 Å². The second-order valence-electron chi connectivity index (χ2n) is 4.18. The van der Waals surface area contributed by atoms with Gasteiger partial charge in [0.2, 0.25) is 0 Å². The number of hydrogen-bond acceptors (Lipinski definition) is 5. The molecule has 2 heterocycles. The van der Waals surface area contributed by atoms with Crippen LogP contribution in [-0.2, 0) is 4.74 Å². The highest BCUT2D eigenvalue weighted by Crippen LogP contribution is 2.18. The number of halogens is 1. The first-order valence-corrected chi connectivity index (χ1v) is 7.07. The first kappa shape index (κ1) is 14.6. The molecule has 1 fully saturated rings. The SMILES string of the molecule is Br.c1ccc(C2=NN=C(N3CCOCC3)SC2)cc1. The first-order chi connectivity index (χ1) is 8.93. The number of rotatable bonds is 1. The molecule has 0 N–H and O–H groups in total. The van der Waals surface area contributed by atoms with Crippen molar-refractivity contribution < 1.29 is 4.74 Å². The van der Waals surface area contributed by atoms with E-state index in [2.05, 4.69) is 27.2 Å². The molecule has 0 saturated carbocycles. The van der Waals surface area contributed by atoms with E-state index >= 15 is 0 Å². The molecular weight excluding hydrogens is 326 g/mol. The van der Waals surface area contributed by atoms with Crippen LogP contribution < -0.4 is 0 Å². The third-order valence-electron chi connectivity index (χ3n) is 2.98. The van der Waals surface area contributed by atoms with Gasteiger partial charge in [-0.2, -0.15) is 5.10 Å². The summed E-state index contributed by atoms with van der Waals surface area (Å²) in [5.41, 5.74) is 2.22. The Hall–Kier alpha value is -0.850. The highest BCUT2D eigenvalue weighted by molar-refractivity contribution is 8.93. The summed E-state index contributed by atoms with van der Waals surface area (Å²) in [6, 6.07) is 10.2. The molecule has 1 saturated heterocycles. The van der Waals surface area contributed by atoms with Gasteiger partial charge in [0.15, 0.2) is 5.17 Å². The van der Waals surface area contributed by atoms with Crippen molar-refractivity contribution in [3.8, 4) is 0 Å². The van der Waals surface area contributed by atoms with Gasteiger partial charge in [-0.25, -0.2) is 0 Å². The summed E-state index contributed by atoms with van der Waals surface area (Å²) in [6.45, 7) is 3.41. The van der Waals surface area contributed by atoms with Gasteiger partial charge in [0.25, 0.3) is 0 Å². The van der Waals surface area contributed by atoms with Gasteiger partial charge in [0.1, 0.15) is 0 Å². The highest BCUT2D eigenvalue weighted by Gasteiger charge is 2.19. The summed E-state index contributed by atoms with van der Waals surface area (Å²) in [7, 11) is 0. The Kier molecular flexibility index (Phi) is 5.42. The molecule has 0 unspecified atom stereocenters. The molecule has 0 spiro atoms. The molecule has 0 bridgehead atoms. The molecule has 6 heteroatoms. The predicted molar refractivity (Wildman–Crippen MR) is 85.6 cm³/mol. The minimum Gasteiger partial charge on any atom is -0.378 e. The summed E-state index contributed by atoms with van der Waals surface area (Å²) in [5.74, 6) is 0.889. The molecule has 102 valence electrons. The largest absolute Gasteiger partial charge is 0.378 e. The van der Waals surface area contributed by atoms with Crippen LogP contribution in [0.2, 0.25) is 0 Å². The predicted octanol–water partition coefficient (Wildman–Crippen LogP) is 2.40. The van der Waals surface area contributed by atoms with Crippen LogP contribution in [-0.4, -0.2) is 47.8 Å².